The molecule has 0 fully saturated rings. The van der Waals surface area contributed by atoms with E-state index in [1.54, 1.807) is 6.20 Å². The van der Waals surface area contributed by atoms with Gasteiger partial charge in [0.1, 0.15) is 18.2 Å². The predicted octanol–water partition coefficient (Wildman–Crippen LogP) is 3.23. The van der Waals surface area contributed by atoms with Gasteiger partial charge >= 0.3 is 0 Å². The molecule has 0 amide bonds. The van der Waals surface area contributed by atoms with Crippen LogP contribution in [0.25, 0.3) is 0 Å². The molecule has 0 saturated heterocycles. The first-order valence-electron chi connectivity index (χ1n) is 5.53. The molecule has 90 valence electrons. The molecule has 17 heavy (non-hydrogen) atoms. The van der Waals surface area contributed by atoms with Crippen molar-refractivity contribution in [3.8, 4) is 5.75 Å². The molecule has 3 nitrogen and oxygen atoms in total. The number of benzene rings is 1. The summed E-state index contributed by atoms with van der Waals surface area (Å²) in [5, 5.41) is 0.651. The van der Waals surface area contributed by atoms with Crippen molar-refractivity contribution in [2.75, 3.05) is 6.61 Å². The second kappa shape index (κ2) is 5.23. The third-order valence-corrected chi connectivity index (χ3v) is 2.91. The third-order valence-electron chi connectivity index (χ3n) is 2.60. The summed E-state index contributed by atoms with van der Waals surface area (Å²) in [6.07, 6.45) is 3.73. The van der Waals surface area contributed by atoms with Crippen LogP contribution in [0.1, 0.15) is 11.4 Å². The smallest absolute Gasteiger partial charge is 0.138 e. The zero-order chi connectivity index (χ0) is 12.3. The Hall–Kier alpha value is -1.48. The van der Waals surface area contributed by atoms with E-state index < -0.39 is 0 Å². The normalized spacial score (nSPS) is 10.5. The first-order valence-corrected chi connectivity index (χ1v) is 5.91. The van der Waals surface area contributed by atoms with Gasteiger partial charge in [-0.3, -0.25) is 0 Å². The van der Waals surface area contributed by atoms with Gasteiger partial charge in [-0.2, -0.15) is 0 Å². The van der Waals surface area contributed by atoms with Gasteiger partial charge in [0.2, 0.25) is 0 Å². The van der Waals surface area contributed by atoms with E-state index in [2.05, 4.69) is 4.98 Å². The Bertz CT molecular complexity index is 508. The van der Waals surface area contributed by atoms with Crippen LogP contribution < -0.4 is 4.74 Å². The Balaban J connectivity index is 1.94. The van der Waals surface area contributed by atoms with Gasteiger partial charge in [0.05, 0.1) is 11.6 Å². The first-order chi connectivity index (χ1) is 8.16. The molecule has 2 rings (SSSR count). The maximum absolute atomic E-state index is 6.04. The quantitative estimate of drug-likeness (QED) is 0.833. The van der Waals surface area contributed by atoms with E-state index in [0.717, 1.165) is 23.7 Å². The van der Waals surface area contributed by atoms with Crippen molar-refractivity contribution in [1.29, 1.82) is 0 Å². The van der Waals surface area contributed by atoms with Crippen molar-refractivity contribution in [2.24, 2.45) is 0 Å². The molecule has 4 heteroatoms. The molecular weight excluding hydrogens is 236 g/mol. The Morgan fingerprint density at radius 3 is 2.88 bits per heavy atom. The number of imidazole rings is 1. The summed E-state index contributed by atoms with van der Waals surface area (Å²) in [6.45, 7) is 5.35. The van der Waals surface area contributed by atoms with Crippen molar-refractivity contribution < 1.29 is 4.74 Å². The molecule has 0 aliphatic carbocycles. The minimum atomic E-state index is 0.584. The molecular formula is C13H15ClN2O. The summed E-state index contributed by atoms with van der Waals surface area (Å²) in [7, 11) is 0. The minimum Gasteiger partial charge on any atom is -0.490 e. The lowest BCUT2D eigenvalue weighted by Crippen LogP contribution is -2.09. The summed E-state index contributed by atoms with van der Waals surface area (Å²) in [5.74, 6) is 1.73. The predicted molar refractivity (Wildman–Crippen MR) is 68.6 cm³/mol. The zero-order valence-electron chi connectivity index (χ0n) is 9.98. The summed E-state index contributed by atoms with van der Waals surface area (Å²) in [4.78, 5) is 4.16. The van der Waals surface area contributed by atoms with Crippen LogP contribution in [0, 0.1) is 13.8 Å². The molecule has 1 aromatic carbocycles. The highest BCUT2D eigenvalue weighted by molar-refractivity contribution is 6.32. The molecule has 0 spiro atoms. The third kappa shape index (κ3) is 3.01. The zero-order valence-corrected chi connectivity index (χ0v) is 10.7. The van der Waals surface area contributed by atoms with Crippen molar-refractivity contribution >= 4 is 11.6 Å². The lowest BCUT2D eigenvalue weighted by atomic mass is 10.2. The number of aromatic nitrogens is 2. The van der Waals surface area contributed by atoms with Crippen LogP contribution in [0.15, 0.2) is 30.6 Å². The van der Waals surface area contributed by atoms with Crippen LogP contribution in [0.2, 0.25) is 5.02 Å². The molecule has 0 aliphatic rings. The number of rotatable bonds is 4. The number of halogens is 1. The molecule has 1 heterocycles. The highest BCUT2D eigenvalue weighted by Crippen LogP contribution is 2.25. The second-order valence-corrected chi connectivity index (χ2v) is 4.36. The van der Waals surface area contributed by atoms with Crippen molar-refractivity contribution in [3.63, 3.8) is 0 Å². The van der Waals surface area contributed by atoms with Crippen molar-refractivity contribution in [1.82, 2.24) is 9.55 Å². The Morgan fingerprint density at radius 1 is 1.35 bits per heavy atom. The van der Waals surface area contributed by atoms with Gasteiger partial charge in [-0.15, -0.1) is 0 Å². The van der Waals surface area contributed by atoms with E-state index >= 15 is 0 Å². The standard InChI is InChI=1S/C13H15ClN2O/c1-10-3-4-12(14)13(9-10)17-8-7-16-6-5-15-11(16)2/h3-6,9H,7-8H2,1-2H3. The lowest BCUT2D eigenvalue weighted by Gasteiger charge is -2.10. The second-order valence-electron chi connectivity index (χ2n) is 3.95. The summed E-state index contributed by atoms with van der Waals surface area (Å²) in [5.41, 5.74) is 1.14. The van der Waals surface area contributed by atoms with Crippen molar-refractivity contribution in [3.05, 3.63) is 47.0 Å². The van der Waals surface area contributed by atoms with Gasteiger partial charge in [-0.1, -0.05) is 17.7 Å². The average Bonchev–Trinajstić information content (AvgIpc) is 2.70. The fourth-order valence-corrected chi connectivity index (χ4v) is 1.79. The lowest BCUT2D eigenvalue weighted by molar-refractivity contribution is 0.297. The fourth-order valence-electron chi connectivity index (χ4n) is 1.62. The molecule has 0 atom stereocenters. The van der Waals surface area contributed by atoms with E-state index in [4.69, 9.17) is 16.3 Å². The molecule has 0 unspecified atom stereocenters. The number of hydrogen-bond donors (Lipinski definition) is 0. The van der Waals surface area contributed by atoms with E-state index in [1.165, 1.54) is 0 Å². The van der Waals surface area contributed by atoms with Crippen LogP contribution in [0.5, 0.6) is 5.75 Å². The van der Waals surface area contributed by atoms with Crippen LogP contribution in [-0.4, -0.2) is 16.2 Å². The molecule has 0 bridgehead atoms. The minimum absolute atomic E-state index is 0.584. The van der Waals surface area contributed by atoms with Gasteiger partial charge < -0.3 is 9.30 Å². The van der Waals surface area contributed by atoms with Gasteiger partial charge in [0.15, 0.2) is 0 Å². The number of nitrogens with zero attached hydrogens (tertiary/aromatic N) is 2. The van der Waals surface area contributed by atoms with Crippen LogP contribution in [0.3, 0.4) is 0 Å². The highest BCUT2D eigenvalue weighted by Gasteiger charge is 2.02. The Labute approximate surface area is 106 Å². The van der Waals surface area contributed by atoms with Gasteiger partial charge in [0.25, 0.3) is 0 Å². The SMILES string of the molecule is Cc1ccc(Cl)c(OCCn2ccnc2C)c1. The van der Waals surface area contributed by atoms with E-state index in [1.807, 2.05) is 42.8 Å². The number of ether oxygens (including phenoxy) is 1. The molecule has 0 N–H and O–H groups in total. The Kier molecular flexibility index (Phi) is 3.69. The highest BCUT2D eigenvalue weighted by atomic mass is 35.5. The molecule has 1 aromatic heterocycles. The molecule has 0 aliphatic heterocycles. The molecule has 2 aromatic rings. The van der Waals surface area contributed by atoms with Crippen LogP contribution in [0.4, 0.5) is 0 Å². The topological polar surface area (TPSA) is 27.1 Å². The summed E-state index contributed by atoms with van der Waals surface area (Å²) >= 11 is 6.04. The maximum atomic E-state index is 6.04. The van der Waals surface area contributed by atoms with E-state index in [9.17, 15) is 0 Å². The molecule has 0 saturated carbocycles. The molecule has 0 radical (unpaired) electrons. The summed E-state index contributed by atoms with van der Waals surface area (Å²) < 4.78 is 7.71. The Morgan fingerprint density at radius 2 is 2.18 bits per heavy atom. The van der Waals surface area contributed by atoms with Gasteiger partial charge in [-0.25, -0.2) is 4.98 Å². The first kappa shape index (κ1) is 12.0. The van der Waals surface area contributed by atoms with Gasteiger partial charge in [0, 0.05) is 12.4 Å². The van der Waals surface area contributed by atoms with Crippen LogP contribution >= 0.6 is 11.6 Å². The monoisotopic (exact) mass is 250 g/mol. The fraction of sp³-hybridized carbons (Fsp3) is 0.308. The number of hydrogen-bond acceptors (Lipinski definition) is 2. The summed E-state index contributed by atoms with van der Waals surface area (Å²) in [6, 6.07) is 5.77. The van der Waals surface area contributed by atoms with Gasteiger partial charge in [-0.05, 0) is 31.5 Å². The number of aryl methyl sites for hydroxylation is 2. The van der Waals surface area contributed by atoms with E-state index in [0.29, 0.717) is 11.6 Å². The largest absolute Gasteiger partial charge is 0.490 e. The van der Waals surface area contributed by atoms with Crippen LogP contribution in [-0.2, 0) is 6.54 Å². The van der Waals surface area contributed by atoms with E-state index in [-0.39, 0.29) is 0 Å². The maximum Gasteiger partial charge on any atom is 0.138 e. The average molecular weight is 251 g/mol. The van der Waals surface area contributed by atoms with Crippen molar-refractivity contribution in [2.45, 2.75) is 20.4 Å².